The van der Waals surface area contributed by atoms with Crippen molar-refractivity contribution in [2.24, 2.45) is 0 Å². The Kier molecular flexibility index (Phi) is 3.69. The average Bonchev–Trinajstić information content (AvgIpc) is 2.56. The largest absolute Gasteiger partial charge is 0.416 e. The van der Waals surface area contributed by atoms with Crippen molar-refractivity contribution in [1.82, 2.24) is 4.90 Å². The van der Waals surface area contributed by atoms with Crippen LogP contribution in [0, 0.1) is 0 Å². The Labute approximate surface area is 117 Å². The van der Waals surface area contributed by atoms with Crippen LogP contribution in [0.4, 0.5) is 13.2 Å². The van der Waals surface area contributed by atoms with Gasteiger partial charge in [0.2, 0.25) is 0 Å². The monoisotopic (exact) mass is 303 g/mol. The Bertz CT molecular complexity index is 581. The van der Waals surface area contributed by atoms with Crippen LogP contribution < -0.4 is 0 Å². The van der Waals surface area contributed by atoms with Crippen LogP contribution >= 0.6 is 24.0 Å². The van der Waals surface area contributed by atoms with Gasteiger partial charge in [-0.3, -0.25) is 9.69 Å². The van der Waals surface area contributed by atoms with Crippen molar-refractivity contribution in [1.29, 1.82) is 0 Å². The topological polar surface area (TPSA) is 20.3 Å². The van der Waals surface area contributed by atoms with Crippen LogP contribution in [-0.2, 0) is 11.0 Å². The first-order valence-electron chi connectivity index (χ1n) is 5.18. The summed E-state index contributed by atoms with van der Waals surface area (Å²) in [6, 6.07) is 5.11. The summed E-state index contributed by atoms with van der Waals surface area (Å²) < 4.78 is 38.8. The number of nitrogens with zero attached hydrogens (tertiary/aromatic N) is 1. The number of hydrogen-bond acceptors (Lipinski definition) is 3. The molecule has 7 heteroatoms. The average molecular weight is 303 g/mol. The van der Waals surface area contributed by atoms with Gasteiger partial charge in [-0.05, 0) is 17.7 Å². The van der Waals surface area contributed by atoms with Crippen molar-refractivity contribution in [2.75, 3.05) is 7.05 Å². The minimum atomic E-state index is -4.45. The van der Waals surface area contributed by atoms with Crippen molar-refractivity contribution in [3.8, 4) is 0 Å². The van der Waals surface area contributed by atoms with Gasteiger partial charge in [-0.2, -0.15) is 13.2 Å². The van der Waals surface area contributed by atoms with Gasteiger partial charge in [0.15, 0.2) is 0 Å². The van der Waals surface area contributed by atoms with E-state index in [2.05, 4.69) is 0 Å². The van der Waals surface area contributed by atoms with Crippen LogP contribution in [0.2, 0.25) is 0 Å². The molecule has 0 aromatic heterocycles. The van der Waals surface area contributed by atoms with E-state index in [0.717, 1.165) is 17.8 Å². The lowest BCUT2D eigenvalue weighted by molar-refractivity contribution is -0.137. The van der Waals surface area contributed by atoms with Crippen LogP contribution in [-0.4, -0.2) is 22.2 Å². The van der Waals surface area contributed by atoms with E-state index in [1.54, 1.807) is 0 Å². The molecule has 0 atom stereocenters. The maximum absolute atomic E-state index is 12.8. The highest BCUT2D eigenvalue weighted by Gasteiger charge is 2.34. The maximum atomic E-state index is 12.8. The lowest BCUT2D eigenvalue weighted by Gasteiger charge is -2.10. The number of rotatable bonds is 1. The summed E-state index contributed by atoms with van der Waals surface area (Å²) in [5, 5.41) is 0. The molecule has 0 unspecified atom stereocenters. The molecule has 1 aliphatic rings. The normalized spacial score (nSPS) is 18.5. The predicted octanol–water partition coefficient (Wildman–Crippen LogP) is 3.54. The molecule has 0 bridgehead atoms. The van der Waals surface area contributed by atoms with Gasteiger partial charge >= 0.3 is 6.18 Å². The SMILES string of the molecule is CN1C(=O)C(=Cc2ccccc2C(F)(F)F)SC1=S. The first kappa shape index (κ1) is 14.1. The van der Waals surface area contributed by atoms with E-state index in [-0.39, 0.29) is 16.4 Å². The van der Waals surface area contributed by atoms with E-state index in [1.165, 1.54) is 36.2 Å². The molecule has 1 fully saturated rings. The van der Waals surface area contributed by atoms with Crippen LogP contribution in [0.25, 0.3) is 6.08 Å². The van der Waals surface area contributed by atoms with Gasteiger partial charge in [0.1, 0.15) is 4.32 Å². The molecule has 1 heterocycles. The summed E-state index contributed by atoms with van der Waals surface area (Å²) in [5.74, 6) is -0.382. The number of carbonyl (C=O) groups is 1. The zero-order chi connectivity index (χ0) is 14.2. The van der Waals surface area contributed by atoms with Crippen LogP contribution in [0.15, 0.2) is 29.2 Å². The number of alkyl halides is 3. The summed E-state index contributed by atoms with van der Waals surface area (Å²) in [6.07, 6.45) is -3.22. The third-order valence-electron chi connectivity index (χ3n) is 2.54. The van der Waals surface area contributed by atoms with Crippen LogP contribution in [0.5, 0.6) is 0 Å². The summed E-state index contributed by atoms with van der Waals surface area (Å²) >= 11 is 5.92. The third kappa shape index (κ3) is 2.82. The van der Waals surface area contributed by atoms with Gasteiger partial charge in [-0.25, -0.2) is 0 Å². The second kappa shape index (κ2) is 4.97. The number of halogens is 3. The molecule has 1 aromatic carbocycles. The number of thiocarbonyl (C=S) groups is 1. The molecule has 2 rings (SSSR count). The molecule has 0 spiro atoms. The molecule has 0 saturated carbocycles. The standard InChI is InChI=1S/C12H8F3NOS2/c1-16-10(17)9(19-11(16)18)6-7-4-2-3-5-8(7)12(13,14)15/h2-6H,1H3. The van der Waals surface area contributed by atoms with Crippen LogP contribution in [0.1, 0.15) is 11.1 Å². The van der Waals surface area contributed by atoms with Crippen LogP contribution in [0.3, 0.4) is 0 Å². The molecular weight excluding hydrogens is 295 g/mol. The van der Waals surface area contributed by atoms with Gasteiger partial charge in [0.25, 0.3) is 5.91 Å². The summed E-state index contributed by atoms with van der Waals surface area (Å²) in [4.78, 5) is 13.2. The Balaban J connectivity index is 2.45. The molecule has 1 saturated heterocycles. The molecule has 1 amide bonds. The molecule has 0 radical (unpaired) electrons. The Morgan fingerprint density at radius 2 is 1.95 bits per heavy atom. The maximum Gasteiger partial charge on any atom is 0.416 e. The zero-order valence-corrected chi connectivity index (χ0v) is 11.3. The minimum Gasteiger partial charge on any atom is -0.296 e. The van der Waals surface area contributed by atoms with E-state index in [0.29, 0.717) is 4.32 Å². The quantitative estimate of drug-likeness (QED) is 0.585. The minimum absolute atomic E-state index is 0.0380. The fourth-order valence-electron chi connectivity index (χ4n) is 1.57. The number of amides is 1. The molecular formula is C12H8F3NOS2. The second-order valence-electron chi connectivity index (χ2n) is 3.83. The van der Waals surface area contributed by atoms with E-state index < -0.39 is 11.7 Å². The smallest absolute Gasteiger partial charge is 0.296 e. The van der Waals surface area contributed by atoms with E-state index in [9.17, 15) is 18.0 Å². The van der Waals surface area contributed by atoms with Crippen molar-refractivity contribution >= 4 is 40.3 Å². The fraction of sp³-hybridized carbons (Fsp3) is 0.167. The van der Waals surface area contributed by atoms with Gasteiger partial charge in [0, 0.05) is 7.05 Å². The summed E-state index contributed by atoms with van der Waals surface area (Å²) in [5.41, 5.74) is -0.805. The number of thioether (sulfide) groups is 1. The molecule has 2 nitrogen and oxygen atoms in total. The molecule has 19 heavy (non-hydrogen) atoms. The van der Waals surface area contributed by atoms with Crippen molar-refractivity contribution in [3.05, 3.63) is 40.3 Å². The number of hydrogen-bond donors (Lipinski definition) is 0. The van der Waals surface area contributed by atoms with E-state index in [4.69, 9.17) is 12.2 Å². The fourth-order valence-corrected chi connectivity index (χ4v) is 2.74. The highest BCUT2D eigenvalue weighted by atomic mass is 32.2. The molecule has 100 valence electrons. The Hall–Kier alpha value is -1.34. The lowest BCUT2D eigenvalue weighted by atomic mass is 10.1. The molecule has 0 N–H and O–H groups in total. The van der Waals surface area contributed by atoms with Crippen molar-refractivity contribution < 1.29 is 18.0 Å². The van der Waals surface area contributed by atoms with Gasteiger partial charge in [-0.15, -0.1) is 0 Å². The summed E-state index contributed by atoms with van der Waals surface area (Å²) in [7, 11) is 1.49. The summed E-state index contributed by atoms with van der Waals surface area (Å²) in [6.45, 7) is 0. The third-order valence-corrected chi connectivity index (χ3v) is 4.02. The predicted molar refractivity (Wildman–Crippen MR) is 72.4 cm³/mol. The lowest BCUT2D eigenvalue weighted by Crippen LogP contribution is -2.22. The van der Waals surface area contributed by atoms with E-state index in [1.807, 2.05) is 0 Å². The highest BCUT2D eigenvalue weighted by molar-refractivity contribution is 8.26. The first-order valence-corrected chi connectivity index (χ1v) is 6.41. The Morgan fingerprint density at radius 3 is 2.47 bits per heavy atom. The molecule has 0 aliphatic carbocycles. The van der Waals surface area contributed by atoms with E-state index >= 15 is 0 Å². The van der Waals surface area contributed by atoms with Gasteiger partial charge in [-0.1, -0.05) is 42.2 Å². The number of benzene rings is 1. The van der Waals surface area contributed by atoms with Crippen molar-refractivity contribution in [2.45, 2.75) is 6.18 Å². The van der Waals surface area contributed by atoms with Gasteiger partial charge < -0.3 is 0 Å². The van der Waals surface area contributed by atoms with Crippen molar-refractivity contribution in [3.63, 3.8) is 0 Å². The number of carbonyl (C=O) groups excluding carboxylic acids is 1. The highest BCUT2D eigenvalue weighted by Crippen LogP contribution is 2.36. The first-order chi connectivity index (χ1) is 8.80. The van der Waals surface area contributed by atoms with Gasteiger partial charge in [0.05, 0.1) is 10.5 Å². The number of likely N-dealkylation sites (N-methyl/N-ethyl adjacent to an activating group) is 1. The zero-order valence-electron chi connectivity index (χ0n) is 9.69. The Morgan fingerprint density at radius 1 is 1.32 bits per heavy atom. The molecule has 1 aliphatic heterocycles. The second-order valence-corrected chi connectivity index (χ2v) is 5.50. The molecule has 1 aromatic rings.